The minimum absolute atomic E-state index is 0.00482. The molecule has 0 spiro atoms. The van der Waals surface area contributed by atoms with E-state index in [4.69, 9.17) is 4.74 Å². The van der Waals surface area contributed by atoms with E-state index in [1.165, 1.54) is 5.56 Å². The molecule has 0 amide bonds. The number of hydrogen-bond donors (Lipinski definition) is 0. The predicted octanol–water partition coefficient (Wildman–Crippen LogP) is 1.68. The molecule has 25 heavy (non-hydrogen) atoms. The van der Waals surface area contributed by atoms with E-state index in [1.807, 2.05) is 30.9 Å². The molecule has 0 aromatic carbocycles. The number of hydrogen-bond acceptors (Lipinski definition) is 5. The Kier molecular flexibility index (Phi) is 5.59. The molecular formula is C19H30N4O2. The maximum Gasteiger partial charge on any atom is 0.313 e. The van der Waals surface area contributed by atoms with Gasteiger partial charge in [-0.2, -0.15) is 5.10 Å². The highest BCUT2D eigenvalue weighted by Crippen LogP contribution is 2.43. The van der Waals surface area contributed by atoms with Crippen LogP contribution in [0.15, 0.2) is 25.0 Å². The molecule has 0 saturated carbocycles. The molecule has 2 aliphatic rings. The number of aryl methyl sites for hydroxylation is 1. The molecular weight excluding hydrogens is 316 g/mol. The highest BCUT2D eigenvalue weighted by Gasteiger charge is 2.53. The SMILES string of the molecule is C=CCN1C[C@@H]2CN(Cc3cnn(C)c3)CCC[C@]2(C(=O)OCC)C1. The van der Waals surface area contributed by atoms with Crippen molar-refractivity contribution < 1.29 is 9.53 Å². The topological polar surface area (TPSA) is 50.6 Å². The van der Waals surface area contributed by atoms with Crippen LogP contribution in [0.25, 0.3) is 0 Å². The summed E-state index contributed by atoms with van der Waals surface area (Å²) in [5, 5.41) is 4.27. The average molecular weight is 346 g/mol. The van der Waals surface area contributed by atoms with Gasteiger partial charge >= 0.3 is 5.97 Å². The Morgan fingerprint density at radius 1 is 1.48 bits per heavy atom. The summed E-state index contributed by atoms with van der Waals surface area (Å²) in [6.45, 7) is 11.6. The van der Waals surface area contributed by atoms with Crippen LogP contribution in [-0.2, 0) is 23.1 Å². The number of carbonyl (C=O) groups excluding carboxylic acids is 1. The van der Waals surface area contributed by atoms with Crippen LogP contribution in [0, 0.1) is 11.3 Å². The van der Waals surface area contributed by atoms with E-state index in [9.17, 15) is 4.79 Å². The Hall–Kier alpha value is -1.66. The van der Waals surface area contributed by atoms with E-state index >= 15 is 0 Å². The lowest BCUT2D eigenvalue weighted by Gasteiger charge is -2.31. The Morgan fingerprint density at radius 3 is 2.96 bits per heavy atom. The van der Waals surface area contributed by atoms with Crippen molar-refractivity contribution in [3.8, 4) is 0 Å². The standard InChI is InChI=1S/C19H30N4O2/c1-4-8-23-14-17-13-22(12-16-10-20-21(3)11-16)9-6-7-19(17,15-23)18(24)25-5-2/h4,10-11,17H,1,5-9,12-15H2,2-3H3/t17-,19-/m0/s1. The summed E-state index contributed by atoms with van der Waals surface area (Å²) in [5.41, 5.74) is 0.870. The predicted molar refractivity (Wildman–Crippen MR) is 96.9 cm³/mol. The summed E-state index contributed by atoms with van der Waals surface area (Å²) in [7, 11) is 1.95. The van der Waals surface area contributed by atoms with Crippen molar-refractivity contribution in [2.45, 2.75) is 26.3 Å². The van der Waals surface area contributed by atoms with E-state index in [0.717, 1.165) is 52.1 Å². The van der Waals surface area contributed by atoms with Crippen molar-refractivity contribution in [2.75, 3.05) is 39.3 Å². The largest absolute Gasteiger partial charge is 0.466 e. The fourth-order valence-electron chi connectivity index (χ4n) is 4.50. The fourth-order valence-corrected chi connectivity index (χ4v) is 4.50. The first kappa shape index (κ1) is 18.1. The van der Waals surface area contributed by atoms with Crippen molar-refractivity contribution in [1.82, 2.24) is 19.6 Å². The molecule has 6 nitrogen and oxygen atoms in total. The maximum atomic E-state index is 12.9. The highest BCUT2D eigenvalue weighted by atomic mass is 16.5. The van der Waals surface area contributed by atoms with Crippen LogP contribution in [0.2, 0.25) is 0 Å². The Labute approximate surface area is 150 Å². The van der Waals surface area contributed by atoms with Gasteiger partial charge in [0.1, 0.15) is 0 Å². The quantitative estimate of drug-likeness (QED) is 0.579. The number of esters is 1. The van der Waals surface area contributed by atoms with Crippen LogP contribution >= 0.6 is 0 Å². The summed E-state index contributed by atoms with van der Waals surface area (Å²) >= 11 is 0. The Balaban J connectivity index is 1.77. The number of ether oxygens (including phenoxy) is 1. The van der Waals surface area contributed by atoms with Crippen LogP contribution in [0.3, 0.4) is 0 Å². The third-order valence-corrected chi connectivity index (χ3v) is 5.58. The molecule has 3 rings (SSSR count). The zero-order chi connectivity index (χ0) is 17.9. The number of likely N-dealkylation sites (tertiary alicyclic amines) is 2. The molecule has 2 atom stereocenters. The minimum atomic E-state index is -0.358. The number of rotatable bonds is 6. The van der Waals surface area contributed by atoms with Gasteiger partial charge in [-0.25, -0.2) is 0 Å². The molecule has 0 bridgehead atoms. The van der Waals surface area contributed by atoms with Crippen molar-refractivity contribution in [3.63, 3.8) is 0 Å². The van der Waals surface area contributed by atoms with Crippen molar-refractivity contribution in [2.24, 2.45) is 18.4 Å². The summed E-state index contributed by atoms with van der Waals surface area (Å²) in [4.78, 5) is 17.7. The molecule has 138 valence electrons. The first-order valence-corrected chi connectivity index (χ1v) is 9.27. The van der Waals surface area contributed by atoms with Gasteiger partial charge in [-0.05, 0) is 26.3 Å². The number of nitrogens with zero attached hydrogens (tertiary/aromatic N) is 4. The molecule has 6 heteroatoms. The zero-order valence-electron chi connectivity index (χ0n) is 15.5. The highest BCUT2D eigenvalue weighted by molar-refractivity contribution is 5.78. The zero-order valence-corrected chi connectivity index (χ0v) is 15.5. The summed E-state index contributed by atoms with van der Waals surface area (Å²) < 4.78 is 7.35. The van der Waals surface area contributed by atoms with Crippen molar-refractivity contribution >= 4 is 5.97 Å². The van der Waals surface area contributed by atoms with E-state index < -0.39 is 0 Å². The molecule has 1 aromatic rings. The van der Waals surface area contributed by atoms with Crippen LogP contribution in [0.5, 0.6) is 0 Å². The second-order valence-electron chi connectivity index (χ2n) is 7.42. The average Bonchev–Trinajstić information content (AvgIpc) is 3.08. The van der Waals surface area contributed by atoms with Crippen molar-refractivity contribution in [3.05, 3.63) is 30.6 Å². The lowest BCUT2D eigenvalue weighted by Crippen LogP contribution is -2.42. The molecule has 2 saturated heterocycles. The van der Waals surface area contributed by atoms with Gasteiger partial charge in [0.05, 0.1) is 18.2 Å². The summed E-state index contributed by atoms with van der Waals surface area (Å²) in [6, 6.07) is 0. The molecule has 0 N–H and O–H groups in total. The molecule has 0 radical (unpaired) electrons. The molecule has 3 heterocycles. The Morgan fingerprint density at radius 2 is 2.28 bits per heavy atom. The lowest BCUT2D eigenvalue weighted by atomic mass is 9.75. The van der Waals surface area contributed by atoms with Gasteiger partial charge in [0, 0.05) is 57.4 Å². The van der Waals surface area contributed by atoms with Gasteiger partial charge in [0.15, 0.2) is 0 Å². The lowest BCUT2D eigenvalue weighted by molar-refractivity contribution is -0.157. The van der Waals surface area contributed by atoms with Crippen LogP contribution < -0.4 is 0 Å². The monoisotopic (exact) mass is 346 g/mol. The molecule has 2 fully saturated rings. The first-order chi connectivity index (χ1) is 12.1. The first-order valence-electron chi connectivity index (χ1n) is 9.27. The van der Waals surface area contributed by atoms with E-state index in [-0.39, 0.29) is 11.4 Å². The molecule has 1 aromatic heterocycles. The van der Waals surface area contributed by atoms with E-state index in [2.05, 4.69) is 27.7 Å². The normalized spacial score (nSPS) is 27.7. The second kappa shape index (κ2) is 7.70. The van der Waals surface area contributed by atoms with Crippen molar-refractivity contribution in [1.29, 1.82) is 0 Å². The van der Waals surface area contributed by atoms with E-state index in [0.29, 0.717) is 12.5 Å². The van der Waals surface area contributed by atoms with Gasteiger partial charge in [0.25, 0.3) is 0 Å². The van der Waals surface area contributed by atoms with Crippen LogP contribution in [0.1, 0.15) is 25.3 Å². The summed E-state index contributed by atoms with van der Waals surface area (Å²) in [6.07, 6.45) is 7.87. The van der Waals surface area contributed by atoms with E-state index in [1.54, 1.807) is 0 Å². The number of carbonyl (C=O) groups is 1. The molecule has 2 aliphatic heterocycles. The van der Waals surface area contributed by atoms with Gasteiger partial charge in [-0.3, -0.25) is 19.3 Å². The minimum Gasteiger partial charge on any atom is -0.466 e. The van der Waals surface area contributed by atoms with Gasteiger partial charge in [-0.1, -0.05) is 6.08 Å². The molecule has 0 unspecified atom stereocenters. The third-order valence-electron chi connectivity index (χ3n) is 5.58. The van der Waals surface area contributed by atoms with Gasteiger partial charge in [-0.15, -0.1) is 6.58 Å². The maximum absolute atomic E-state index is 12.9. The van der Waals surface area contributed by atoms with Gasteiger partial charge in [0.2, 0.25) is 0 Å². The third kappa shape index (κ3) is 3.80. The molecule has 0 aliphatic carbocycles. The van der Waals surface area contributed by atoms with Crippen LogP contribution in [0.4, 0.5) is 0 Å². The Bertz CT molecular complexity index is 614. The number of fused-ring (bicyclic) bond motifs is 1. The second-order valence-corrected chi connectivity index (χ2v) is 7.42. The smallest absolute Gasteiger partial charge is 0.313 e. The fraction of sp³-hybridized carbons (Fsp3) is 0.684. The summed E-state index contributed by atoms with van der Waals surface area (Å²) in [5.74, 6) is 0.306. The number of aromatic nitrogens is 2. The van der Waals surface area contributed by atoms with Gasteiger partial charge < -0.3 is 4.74 Å². The van der Waals surface area contributed by atoms with Crippen LogP contribution in [-0.4, -0.2) is 64.9 Å².